The van der Waals surface area contributed by atoms with Gasteiger partial charge in [-0.3, -0.25) is 0 Å². The first kappa shape index (κ1) is 10.0. The van der Waals surface area contributed by atoms with E-state index in [0.29, 0.717) is 12.6 Å². The van der Waals surface area contributed by atoms with Gasteiger partial charge in [0, 0.05) is 14.2 Å². The van der Waals surface area contributed by atoms with Crippen LogP contribution in [0.25, 0.3) is 0 Å². The van der Waals surface area contributed by atoms with Gasteiger partial charge in [-0.1, -0.05) is 0 Å². The van der Waals surface area contributed by atoms with E-state index < -0.39 is 0 Å². The fourth-order valence-electron chi connectivity index (χ4n) is 0.670. The highest BCUT2D eigenvalue weighted by atomic mass is 16.5. The minimum atomic E-state index is 0.187. The standard InChI is InChI=1S/C6H16N4O/c1-5(4-11-3)10(2)6(7)9-8/h5H,4,8H2,1-3H3,(H2,7,9). The van der Waals surface area contributed by atoms with Gasteiger partial charge in [-0.2, -0.15) is 0 Å². The van der Waals surface area contributed by atoms with E-state index in [4.69, 9.17) is 16.3 Å². The summed E-state index contributed by atoms with van der Waals surface area (Å²) in [5, 5.41) is 3.36. The average Bonchev–Trinajstić information content (AvgIpc) is 2.02. The highest BCUT2D eigenvalue weighted by Gasteiger charge is 2.09. The molecule has 0 aromatic heterocycles. The van der Waals surface area contributed by atoms with Crippen molar-refractivity contribution in [1.29, 1.82) is 0 Å². The second-order valence-electron chi connectivity index (χ2n) is 2.40. The molecule has 0 bridgehead atoms. The summed E-state index contributed by atoms with van der Waals surface area (Å²) in [7, 11) is 3.45. The van der Waals surface area contributed by atoms with Crippen LogP contribution in [-0.4, -0.2) is 37.7 Å². The summed E-state index contributed by atoms with van der Waals surface area (Å²) in [4.78, 5) is 1.75. The van der Waals surface area contributed by atoms with Crippen molar-refractivity contribution < 1.29 is 4.74 Å². The van der Waals surface area contributed by atoms with Gasteiger partial charge in [0.2, 0.25) is 5.96 Å². The van der Waals surface area contributed by atoms with Gasteiger partial charge < -0.3 is 21.2 Å². The number of likely N-dealkylation sites (N-methyl/N-ethyl adjacent to an activating group) is 1. The Bertz CT molecular complexity index is 137. The molecular formula is C6H16N4O. The molecule has 11 heavy (non-hydrogen) atoms. The number of ether oxygens (including phenoxy) is 1. The zero-order chi connectivity index (χ0) is 8.85. The summed E-state index contributed by atoms with van der Waals surface area (Å²) in [5.41, 5.74) is 5.44. The van der Waals surface area contributed by atoms with E-state index in [-0.39, 0.29) is 6.04 Å². The Morgan fingerprint density at radius 3 is 2.64 bits per heavy atom. The van der Waals surface area contributed by atoms with E-state index >= 15 is 0 Å². The number of methoxy groups -OCH3 is 1. The number of rotatable bonds is 3. The molecule has 0 aromatic carbocycles. The quantitative estimate of drug-likeness (QED) is 0.244. The normalized spacial score (nSPS) is 14.6. The van der Waals surface area contributed by atoms with Gasteiger partial charge in [-0.05, 0) is 6.92 Å². The molecule has 0 saturated heterocycles. The van der Waals surface area contributed by atoms with E-state index in [2.05, 4.69) is 5.10 Å². The van der Waals surface area contributed by atoms with E-state index in [9.17, 15) is 0 Å². The molecule has 0 radical (unpaired) electrons. The van der Waals surface area contributed by atoms with Gasteiger partial charge in [0.25, 0.3) is 0 Å². The maximum atomic E-state index is 5.44. The van der Waals surface area contributed by atoms with Crippen LogP contribution in [0.15, 0.2) is 5.10 Å². The SMILES string of the molecule is COCC(C)N(C)C(N)=NN. The number of nitrogens with zero attached hydrogens (tertiary/aromatic N) is 2. The lowest BCUT2D eigenvalue weighted by molar-refractivity contribution is 0.145. The molecule has 0 amide bonds. The molecule has 0 heterocycles. The lowest BCUT2D eigenvalue weighted by Gasteiger charge is -2.24. The Morgan fingerprint density at radius 2 is 2.27 bits per heavy atom. The van der Waals surface area contributed by atoms with E-state index in [1.165, 1.54) is 0 Å². The summed E-state index contributed by atoms with van der Waals surface area (Å²) >= 11 is 0. The minimum Gasteiger partial charge on any atom is -0.383 e. The van der Waals surface area contributed by atoms with Crippen LogP contribution in [0.1, 0.15) is 6.92 Å². The maximum absolute atomic E-state index is 5.44. The number of guanidine groups is 1. The molecule has 0 aromatic rings. The number of hydrogen-bond donors (Lipinski definition) is 2. The van der Waals surface area contributed by atoms with Crippen molar-refractivity contribution in [1.82, 2.24) is 4.90 Å². The molecule has 5 heteroatoms. The molecule has 0 saturated carbocycles. The van der Waals surface area contributed by atoms with Crippen LogP contribution in [0.3, 0.4) is 0 Å². The Morgan fingerprint density at radius 1 is 1.73 bits per heavy atom. The fourth-order valence-corrected chi connectivity index (χ4v) is 0.670. The van der Waals surface area contributed by atoms with Crippen LogP contribution < -0.4 is 11.6 Å². The van der Waals surface area contributed by atoms with Crippen molar-refractivity contribution in [2.75, 3.05) is 20.8 Å². The lowest BCUT2D eigenvalue weighted by atomic mass is 10.3. The van der Waals surface area contributed by atoms with Crippen LogP contribution in [0.2, 0.25) is 0 Å². The van der Waals surface area contributed by atoms with Crippen molar-refractivity contribution in [3.63, 3.8) is 0 Å². The van der Waals surface area contributed by atoms with E-state index in [1.807, 2.05) is 14.0 Å². The molecule has 1 atom stereocenters. The Kier molecular flexibility index (Phi) is 4.36. The first-order chi connectivity index (χ1) is 5.13. The summed E-state index contributed by atoms with van der Waals surface area (Å²) in [5.74, 6) is 5.30. The fraction of sp³-hybridized carbons (Fsp3) is 0.833. The van der Waals surface area contributed by atoms with Crippen molar-refractivity contribution in [2.24, 2.45) is 16.7 Å². The average molecular weight is 160 g/mol. The third-order valence-corrected chi connectivity index (χ3v) is 1.56. The predicted molar refractivity (Wildman–Crippen MR) is 44.9 cm³/mol. The van der Waals surface area contributed by atoms with E-state index in [0.717, 1.165) is 0 Å². The molecule has 5 nitrogen and oxygen atoms in total. The zero-order valence-electron chi connectivity index (χ0n) is 7.24. The molecule has 0 fully saturated rings. The Labute approximate surface area is 67.0 Å². The maximum Gasteiger partial charge on any atom is 0.213 e. The van der Waals surface area contributed by atoms with Crippen molar-refractivity contribution in [3.05, 3.63) is 0 Å². The second-order valence-corrected chi connectivity index (χ2v) is 2.40. The van der Waals surface area contributed by atoms with Crippen LogP contribution in [0.5, 0.6) is 0 Å². The molecule has 66 valence electrons. The monoisotopic (exact) mass is 160 g/mol. The molecule has 4 N–H and O–H groups in total. The van der Waals surface area contributed by atoms with Gasteiger partial charge in [0.1, 0.15) is 0 Å². The zero-order valence-corrected chi connectivity index (χ0v) is 7.24. The van der Waals surface area contributed by atoms with Crippen molar-refractivity contribution in [3.8, 4) is 0 Å². The van der Waals surface area contributed by atoms with Crippen molar-refractivity contribution in [2.45, 2.75) is 13.0 Å². The first-order valence-corrected chi connectivity index (χ1v) is 3.38. The third kappa shape index (κ3) is 3.08. The summed E-state index contributed by atoms with van der Waals surface area (Å²) in [6, 6.07) is 0.187. The smallest absolute Gasteiger partial charge is 0.213 e. The first-order valence-electron chi connectivity index (χ1n) is 3.38. The molecule has 0 aliphatic heterocycles. The number of hydrazone groups is 1. The highest BCUT2D eigenvalue weighted by molar-refractivity contribution is 5.77. The van der Waals surface area contributed by atoms with Crippen LogP contribution >= 0.6 is 0 Å². The topological polar surface area (TPSA) is 76.9 Å². The van der Waals surface area contributed by atoms with Gasteiger partial charge in [0.05, 0.1) is 12.6 Å². The molecule has 1 unspecified atom stereocenters. The summed E-state index contributed by atoms with van der Waals surface area (Å²) in [6.45, 7) is 2.58. The Hall–Kier alpha value is -0.970. The van der Waals surface area contributed by atoms with Crippen molar-refractivity contribution >= 4 is 5.96 Å². The summed E-state index contributed by atoms with van der Waals surface area (Å²) < 4.78 is 4.93. The number of hydrogen-bond acceptors (Lipinski definition) is 3. The van der Waals surface area contributed by atoms with Crippen LogP contribution in [0, 0.1) is 0 Å². The second kappa shape index (κ2) is 4.79. The molecule has 0 rings (SSSR count). The van der Waals surface area contributed by atoms with Gasteiger partial charge in [-0.25, -0.2) is 0 Å². The predicted octanol–water partition coefficient (Wildman–Crippen LogP) is -0.858. The van der Waals surface area contributed by atoms with Gasteiger partial charge >= 0.3 is 0 Å². The van der Waals surface area contributed by atoms with E-state index in [1.54, 1.807) is 12.0 Å². The molecule has 0 spiro atoms. The number of nitrogens with two attached hydrogens (primary N) is 2. The minimum absolute atomic E-state index is 0.187. The van der Waals surface area contributed by atoms with Crippen LogP contribution in [-0.2, 0) is 4.74 Å². The molecule has 0 aliphatic carbocycles. The third-order valence-electron chi connectivity index (χ3n) is 1.56. The lowest BCUT2D eigenvalue weighted by Crippen LogP contribution is -2.42. The summed E-state index contributed by atoms with van der Waals surface area (Å²) in [6.07, 6.45) is 0. The Balaban J connectivity index is 3.91. The van der Waals surface area contributed by atoms with Gasteiger partial charge in [0.15, 0.2) is 0 Å². The van der Waals surface area contributed by atoms with Crippen LogP contribution in [0.4, 0.5) is 0 Å². The van der Waals surface area contributed by atoms with Gasteiger partial charge in [-0.15, -0.1) is 5.10 Å². The highest BCUT2D eigenvalue weighted by Crippen LogP contribution is 1.93. The molecular weight excluding hydrogens is 144 g/mol. The molecule has 0 aliphatic rings. The largest absolute Gasteiger partial charge is 0.383 e.